The van der Waals surface area contributed by atoms with E-state index in [-0.39, 0.29) is 60.7 Å². The van der Waals surface area contributed by atoms with E-state index in [0.717, 1.165) is 11.1 Å². The molecule has 36 heavy (non-hydrogen) atoms. The number of anilines is 1. The number of urea groups is 1. The number of aldehydes is 1. The van der Waals surface area contributed by atoms with Crippen LogP contribution in [0, 0.1) is 0 Å². The van der Waals surface area contributed by atoms with Crippen molar-refractivity contribution in [2.24, 2.45) is 0 Å². The first-order chi connectivity index (χ1) is 17.3. The molecule has 4 rings (SSSR count). The minimum absolute atomic E-state index is 0.0762. The summed E-state index contributed by atoms with van der Waals surface area (Å²) in [7, 11) is 0. The van der Waals surface area contributed by atoms with Gasteiger partial charge in [0.15, 0.2) is 5.75 Å². The highest BCUT2D eigenvalue weighted by Crippen LogP contribution is 2.33. The lowest BCUT2D eigenvalue weighted by molar-refractivity contribution is -0.136. The van der Waals surface area contributed by atoms with Crippen LogP contribution in [0.2, 0.25) is 5.02 Å². The maximum absolute atomic E-state index is 12.8. The number of amides is 5. The minimum Gasteiger partial charge on any atom is -0.485 e. The first-order valence-corrected chi connectivity index (χ1v) is 11.5. The summed E-state index contributed by atoms with van der Waals surface area (Å²) < 4.78 is 5.53. The van der Waals surface area contributed by atoms with Gasteiger partial charge in [-0.2, -0.15) is 0 Å². The molecule has 1 unspecified atom stereocenters. The van der Waals surface area contributed by atoms with Crippen molar-refractivity contribution in [3.05, 3.63) is 70.3 Å². The highest BCUT2D eigenvalue weighted by Gasteiger charge is 2.39. The van der Waals surface area contributed by atoms with E-state index in [1.54, 1.807) is 36.4 Å². The third kappa shape index (κ3) is 5.38. The molecule has 1 atom stereocenters. The van der Waals surface area contributed by atoms with Crippen LogP contribution in [0.3, 0.4) is 0 Å². The molecular weight excluding hydrogens is 488 g/mol. The largest absolute Gasteiger partial charge is 0.485 e. The van der Waals surface area contributed by atoms with Crippen molar-refractivity contribution < 1.29 is 28.7 Å². The molecule has 0 spiro atoms. The number of halogens is 1. The second-order valence-corrected chi connectivity index (χ2v) is 8.79. The molecule has 186 valence electrons. The molecule has 5 amide bonds. The quantitative estimate of drug-likeness (QED) is 0.284. The number of ether oxygens (including phenoxy) is 1. The molecular formula is C25H23ClN4O6. The van der Waals surface area contributed by atoms with Crippen LogP contribution in [-0.2, 0) is 27.5 Å². The Morgan fingerprint density at radius 3 is 2.81 bits per heavy atom. The molecule has 10 nitrogen and oxygen atoms in total. The highest BCUT2D eigenvalue weighted by atomic mass is 35.5. The van der Waals surface area contributed by atoms with Crippen LogP contribution in [-0.4, -0.2) is 47.6 Å². The van der Waals surface area contributed by atoms with Gasteiger partial charge in [0.05, 0.1) is 10.7 Å². The molecule has 2 aliphatic heterocycles. The van der Waals surface area contributed by atoms with Crippen molar-refractivity contribution >= 4 is 47.3 Å². The van der Waals surface area contributed by atoms with Gasteiger partial charge < -0.3 is 20.3 Å². The number of hydrogen-bond donors (Lipinski definition) is 3. The van der Waals surface area contributed by atoms with E-state index >= 15 is 0 Å². The highest BCUT2D eigenvalue weighted by molar-refractivity contribution is 6.32. The minimum atomic E-state index is -0.687. The Kier molecular flexibility index (Phi) is 7.35. The Morgan fingerprint density at radius 2 is 2.06 bits per heavy atom. The molecule has 2 heterocycles. The van der Waals surface area contributed by atoms with Gasteiger partial charge in [-0.3, -0.25) is 24.5 Å². The molecule has 0 radical (unpaired) electrons. The smallest absolute Gasteiger partial charge is 0.319 e. The molecule has 3 N–H and O–H groups in total. The summed E-state index contributed by atoms with van der Waals surface area (Å²) in [5.74, 6) is -0.856. The van der Waals surface area contributed by atoms with E-state index < -0.39 is 18.0 Å². The van der Waals surface area contributed by atoms with Crippen molar-refractivity contribution in [2.75, 3.05) is 11.9 Å². The number of carbonyl (C=O) groups excluding carboxylic acids is 5. The Morgan fingerprint density at radius 1 is 1.25 bits per heavy atom. The second-order valence-electron chi connectivity index (χ2n) is 8.38. The average molecular weight is 511 g/mol. The van der Waals surface area contributed by atoms with Gasteiger partial charge in [-0.15, -0.1) is 0 Å². The maximum atomic E-state index is 12.8. The van der Waals surface area contributed by atoms with Crippen molar-refractivity contribution in [1.82, 2.24) is 15.5 Å². The molecule has 2 aromatic carbocycles. The molecule has 1 saturated heterocycles. The SMILES string of the molecule is C=C(C=O)COc1c(Cl)cccc1NC(=O)NCc1ccc2c(c1)CN(C1CCC(=O)NC1=O)C2=O. The van der Waals surface area contributed by atoms with Crippen LogP contribution in [0.15, 0.2) is 48.6 Å². The molecule has 2 aromatic rings. The fraction of sp³-hybridized carbons (Fsp3) is 0.240. The zero-order valence-electron chi connectivity index (χ0n) is 19.1. The number of nitrogens with one attached hydrogen (secondary N) is 3. The van der Waals surface area contributed by atoms with E-state index in [2.05, 4.69) is 22.5 Å². The monoisotopic (exact) mass is 510 g/mol. The normalized spacial score (nSPS) is 16.8. The number of fused-ring (bicyclic) bond motifs is 1. The summed E-state index contributed by atoms with van der Waals surface area (Å²) >= 11 is 6.17. The number of hydrogen-bond acceptors (Lipinski definition) is 6. The summed E-state index contributed by atoms with van der Waals surface area (Å²) in [6.45, 7) is 3.89. The predicted octanol–water partition coefficient (Wildman–Crippen LogP) is 2.56. The zero-order chi connectivity index (χ0) is 25.8. The van der Waals surface area contributed by atoms with E-state index in [4.69, 9.17) is 16.3 Å². The lowest BCUT2D eigenvalue weighted by Crippen LogP contribution is -2.52. The summed E-state index contributed by atoms with van der Waals surface area (Å²) in [5, 5.41) is 7.94. The number of carbonyl (C=O) groups is 5. The lowest BCUT2D eigenvalue weighted by atomic mass is 10.0. The van der Waals surface area contributed by atoms with Crippen molar-refractivity contribution in [3.63, 3.8) is 0 Å². The van der Waals surface area contributed by atoms with Crippen LogP contribution < -0.4 is 20.7 Å². The number of benzene rings is 2. The van der Waals surface area contributed by atoms with Crippen LogP contribution in [0.25, 0.3) is 0 Å². The Balaban J connectivity index is 1.37. The third-order valence-electron chi connectivity index (χ3n) is 5.82. The summed E-state index contributed by atoms with van der Waals surface area (Å²) in [4.78, 5) is 61.2. The van der Waals surface area contributed by atoms with E-state index in [9.17, 15) is 24.0 Å². The first-order valence-electron chi connectivity index (χ1n) is 11.1. The standard InChI is InChI=1S/C25H23ClN4O6/c1-14(12-31)13-36-22-18(26)3-2-4-19(22)28-25(35)27-10-15-5-6-17-16(9-15)11-30(24(17)34)20-7-8-21(32)29-23(20)33/h2-6,9,12,20H,1,7-8,10-11,13H2,(H2,27,28,35)(H,29,32,33). The number of nitrogens with zero attached hydrogens (tertiary/aromatic N) is 1. The Bertz CT molecular complexity index is 1280. The molecule has 0 saturated carbocycles. The number of para-hydroxylation sites is 1. The van der Waals surface area contributed by atoms with Crippen LogP contribution in [0.5, 0.6) is 5.75 Å². The average Bonchev–Trinajstić information content (AvgIpc) is 3.17. The third-order valence-corrected chi connectivity index (χ3v) is 6.12. The molecule has 0 aromatic heterocycles. The van der Waals surface area contributed by atoms with Gasteiger partial charge in [0.25, 0.3) is 5.91 Å². The number of imide groups is 1. The van der Waals surface area contributed by atoms with Gasteiger partial charge in [-0.05, 0) is 35.7 Å². The Labute approximate surface area is 211 Å². The molecule has 1 fully saturated rings. The second kappa shape index (κ2) is 10.6. The van der Waals surface area contributed by atoms with E-state index in [1.165, 1.54) is 4.90 Å². The molecule has 11 heteroatoms. The van der Waals surface area contributed by atoms with Gasteiger partial charge in [0.2, 0.25) is 11.8 Å². The zero-order valence-corrected chi connectivity index (χ0v) is 19.9. The van der Waals surface area contributed by atoms with E-state index in [1.807, 2.05) is 0 Å². The van der Waals surface area contributed by atoms with Gasteiger partial charge in [-0.1, -0.05) is 36.4 Å². The molecule has 2 aliphatic rings. The summed E-state index contributed by atoms with van der Waals surface area (Å²) in [5.41, 5.74) is 2.53. The summed E-state index contributed by atoms with van der Waals surface area (Å²) in [6.07, 6.45) is 1.05. The van der Waals surface area contributed by atoms with Gasteiger partial charge >= 0.3 is 6.03 Å². The maximum Gasteiger partial charge on any atom is 0.319 e. The van der Waals surface area contributed by atoms with E-state index in [0.29, 0.717) is 17.5 Å². The van der Waals surface area contributed by atoms with Crippen molar-refractivity contribution in [3.8, 4) is 5.75 Å². The predicted molar refractivity (Wildman–Crippen MR) is 130 cm³/mol. The topological polar surface area (TPSA) is 134 Å². The van der Waals surface area contributed by atoms with Crippen LogP contribution in [0.1, 0.15) is 34.3 Å². The van der Waals surface area contributed by atoms with Gasteiger partial charge in [0.1, 0.15) is 18.9 Å². The van der Waals surface area contributed by atoms with Gasteiger partial charge in [0, 0.05) is 30.6 Å². The van der Waals surface area contributed by atoms with Crippen molar-refractivity contribution in [2.45, 2.75) is 32.0 Å². The summed E-state index contributed by atoms with van der Waals surface area (Å²) in [6, 6.07) is 8.84. The van der Waals surface area contributed by atoms with Gasteiger partial charge in [-0.25, -0.2) is 4.79 Å². The number of piperidine rings is 1. The fourth-order valence-corrected chi connectivity index (χ4v) is 4.27. The fourth-order valence-electron chi connectivity index (χ4n) is 4.04. The Hall–Kier alpha value is -4.18. The number of rotatable bonds is 8. The van der Waals surface area contributed by atoms with Crippen molar-refractivity contribution in [1.29, 1.82) is 0 Å². The van der Waals surface area contributed by atoms with Crippen LogP contribution >= 0.6 is 11.6 Å². The van der Waals surface area contributed by atoms with Crippen LogP contribution in [0.4, 0.5) is 10.5 Å². The molecule has 0 aliphatic carbocycles. The first kappa shape index (κ1) is 24.9. The lowest BCUT2D eigenvalue weighted by Gasteiger charge is -2.29. The molecule has 0 bridgehead atoms.